The smallest absolute Gasteiger partial charge is 0.356 e. The second-order valence-corrected chi connectivity index (χ2v) is 3.04. The van der Waals surface area contributed by atoms with Crippen LogP contribution in [0.15, 0.2) is 12.1 Å². The molecule has 0 spiro atoms. The Balaban J connectivity index is 2.84. The third-order valence-corrected chi connectivity index (χ3v) is 1.66. The van der Waals surface area contributed by atoms with E-state index >= 15 is 0 Å². The molecular formula is C8H4ClF3N2O3. The Bertz CT molecular complexity index is 450. The molecule has 1 aromatic rings. The standard InChI is InChI=1S/C8H4ClF3N2O3/c9-5-2-1-4(3-15)6(13-5)14-7(16)17-8(10,11)12/h1-3H,(H,13,14,16). The van der Waals surface area contributed by atoms with Crippen LogP contribution in [-0.4, -0.2) is 23.7 Å². The second kappa shape index (κ2) is 5.00. The van der Waals surface area contributed by atoms with E-state index in [1.165, 1.54) is 12.1 Å². The Labute approximate surface area is 97.5 Å². The van der Waals surface area contributed by atoms with Crippen molar-refractivity contribution in [3.63, 3.8) is 0 Å². The summed E-state index contributed by atoms with van der Waals surface area (Å²) in [5.74, 6) is -0.415. The molecular weight excluding hydrogens is 265 g/mol. The largest absolute Gasteiger partial charge is 0.576 e. The van der Waals surface area contributed by atoms with Gasteiger partial charge in [0.2, 0.25) is 0 Å². The summed E-state index contributed by atoms with van der Waals surface area (Å²) in [4.78, 5) is 24.7. The van der Waals surface area contributed by atoms with Crippen molar-refractivity contribution in [3.8, 4) is 0 Å². The molecule has 1 rings (SSSR count). The molecule has 0 fully saturated rings. The maximum absolute atomic E-state index is 11.7. The summed E-state index contributed by atoms with van der Waals surface area (Å²) in [6, 6.07) is 2.43. The lowest BCUT2D eigenvalue weighted by Crippen LogP contribution is -2.24. The summed E-state index contributed by atoms with van der Waals surface area (Å²) in [6.07, 6.45) is -6.63. The lowest BCUT2D eigenvalue weighted by Gasteiger charge is -2.09. The van der Waals surface area contributed by atoms with Crippen LogP contribution in [0.3, 0.4) is 0 Å². The fourth-order valence-corrected chi connectivity index (χ4v) is 1.02. The van der Waals surface area contributed by atoms with Crippen molar-refractivity contribution in [2.45, 2.75) is 6.36 Å². The summed E-state index contributed by atoms with van der Waals surface area (Å²) in [5.41, 5.74) is -0.131. The monoisotopic (exact) mass is 268 g/mol. The van der Waals surface area contributed by atoms with Gasteiger partial charge in [0.15, 0.2) is 6.29 Å². The van der Waals surface area contributed by atoms with Crippen LogP contribution in [0.4, 0.5) is 23.8 Å². The molecule has 9 heteroatoms. The average molecular weight is 269 g/mol. The number of anilines is 1. The molecule has 1 amide bonds. The quantitative estimate of drug-likeness (QED) is 0.661. The number of aromatic nitrogens is 1. The first-order valence-electron chi connectivity index (χ1n) is 4.00. The molecule has 0 aliphatic carbocycles. The highest BCUT2D eigenvalue weighted by Gasteiger charge is 2.34. The highest BCUT2D eigenvalue weighted by atomic mass is 35.5. The molecule has 0 aromatic carbocycles. The second-order valence-electron chi connectivity index (χ2n) is 2.65. The molecule has 92 valence electrons. The van der Waals surface area contributed by atoms with Crippen LogP contribution in [0.25, 0.3) is 0 Å². The highest BCUT2D eigenvalue weighted by Crippen LogP contribution is 2.19. The third kappa shape index (κ3) is 4.27. The Kier molecular flexibility index (Phi) is 3.89. The maximum Gasteiger partial charge on any atom is 0.576 e. The normalized spacial score (nSPS) is 10.8. The van der Waals surface area contributed by atoms with Crippen LogP contribution in [-0.2, 0) is 4.74 Å². The van der Waals surface area contributed by atoms with Gasteiger partial charge in [-0.15, -0.1) is 13.2 Å². The molecule has 1 N–H and O–H groups in total. The van der Waals surface area contributed by atoms with Gasteiger partial charge in [-0.2, -0.15) is 0 Å². The highest BCUT2D eigenvalue weighted by molar-refractivity contribution is 6.29. The van der Waals surface area contributed by atoms with E-state index in [2.05, 4.69) is 9.72 Å². The van der Waals surface area contributed by atoms with Crippen molar-refractivity contribution < 1.29 is 27.5 Å². The predicted molar refractivity (Wildman–Crippen MR) is 50.8 cm³/mol. The summed E-state index contributed by atoms with van der Waals surface area (Å²) in [5, 5.41) is 1.55. The minimum atomic E-state index is -5.12. The third-order valence-electron chi connectivity index (χ3n) is 1.45. The molecule has 0 radical (unpaired) electrons. The van der Waals surface area contributed by atoms with E-state index in [0.717, 1.165) is 0 Å². The molecule has 1 heterocycles. The first-order valence-corrected chi connectivity index (χ1v) is 4.38. The van der Waals surface area contributed by atoms with Gasteiger partial charge in [-0.3, -0.25) is 10.1 Å². The minimum Gasteiger partial charge on any atom is -0.356 e. The first-order chi connectivity index (χ1) is 7.81. The molecule has 1 aromatic heterocycles. The fraction of sp³-hybridized carbons (Fsp3) is 0.125. The lowest BCUT2D eigenvalue weighted by molar-refractivity contribution is -0.289. The SMILES string of the molecule is O=Cc1ccc(Cl)nc1NC(=O)OC(F)(F)F. The van der Waals surface area contributed by atoms with E-state index in [0.29, 0.717) is 6.29 Å². The van der Waals surface area contributed by atoms with Gasteiger partial charge < -0.3 is 4.74 Å². The zero-order chi connectivity index (χ0) is 13.1. The van der Waals surface area contributed by atoms with E-state index in [9.17, 15) is 22.8 Å². The van der Waals surface area contributed by atoms with Crippen molar-refractivity contribution in [2.24, 2.45) is 0 Å². The number of carbonyl (C=O) groups is 2. The van der Waals surface area contributed by atoms with Crippen molar-refractivity contribution in [2.75, 3.05) is 5.32 Å². The van der Waals surface area contributed by atoms with Crippen molar-refractivity contribution >= 4 is 29.8 Å². The number of halogens is 4. The van der Waals surface area contributed by atoms with Crippen LogP contribution in [0.1, 0.15) is 10.4 Å². The van der Waals surface area contributed by atoms with E-state index in [4.69, 9.17) is 11.6 Å². The van der Waals surface area contributed by atoms with Crippen LogP contribution in [0, 0.1) is 0 Å². The first kappa shape index (κ1) is 13.2. The molecule has 0 aliphatic heterocycles. The Hall–Kier alpha value is -1.83. The molecule has 0 aliphatic rings. The van der Waals surface area contributed by atoms with Crippen LogP contribution >= 0.6 is 11.6 Å². The minimum absolute atomic E-state index is 0.0992. The molecule has 17 heavy (non-hydrogen) atoms. The Morgan fingerprint density at radius 2 is 2.12 bits per heavy atom. The fourth-order valence-electron chi connectivity index (χ4n) is 0.869. The number of rotatable bonds is 2. The van der Waals surface area contributed by atoms with Gasteiger partial charge in [0.25, 0.3) is 0 Å². The number of nitrogens with one attached hydrogen (secondary N) is 1. The number of aldehydes is 1. The van der Waals surface area contributed by atoms with E-state index in [-0.39, 0.29) is 10.7 Å². The van der Waals surface area contributed by atoms with Crippen LogP contribution < -0.4 is 5.32 Å². The van der Waals surface area contributed by atoms with Gasteiger partial charge in [0, 0.05) is 0 Å². The van der Waals surface area contributed by atoms with Gasteiger partial charge in [-0.25, -0.2) is 9.78 Å². The number of nitrogens with zero attached hydrogens (tertiary/aromatic N) is 1. The number of hydrogen-bond acceptors (Lipinski definition) is 4. The zero-order valence-electron chi connectivity index (χ0n) is 7.92. The number of pyridine rings is 1. The Morgan fingerprint density at radius 3 is 2.65 bits per heavy atom. The van der Waals surface area contributed by atoms with E-state index in [1.54, 1.807) is 5.32 Å². The van der Waals surface area contributed by atoms with E-state index in [1.807, 2.05) is 0 Å². The molecule has 0 saturated carbocycles. The van der Waals surface area contributed by atoms with Gasteiger partial charge >= 0.3 is 12.5 Å². The molecule has 0 saturated heterocycles. The average Bonchev–Trinajstić information content (AvgIpc) is 2.14. The lowest BCUT2D eigenvalue weighted by atomic mass is 10.3. The zero-order valence-corrected chi connectivity index (χ0v) is 8.67. The predicted octanol–water partition coefficient (Wildman–Crippen LogP) is 2.62. The van der Waals surface area contributed by atoms with E-state index < -0.39 is 18.3 Å². The van der Waals surface area contributed by atoms with Gasteiger partial charge in [0.05, 0.1) is 5.56 Å². The number of alkyl halides is 3. The summed E-state index contributed by atoms with van der Waals surface area (Å²) in [6.45, 7) is 0. The maximum atomic E-state index is 11.7. The van der Waals surface area contributed by atoms with Gasteiger partial charge in [0.1, 0.15) is 11.0 Å². The molecule has 0 bridgehead atoms. The number of carbonyl (C=O) groups excluding carboxylic acids is 2. The van der Waals surface area contributed by atoms with Gasteiger partial charge in [-0.05, 0) is 12.1 Å². The van der Waals surface area contributed by atoms with Crippen molar-refractivity contribution in [1.82, 2.24) is 4.98 Å². The summed E-state index contributed by atoms with van der Waals surface area (Å²) < 4.78 is 38.0. The summed E-state index contributed by atoms with van der Waals surface area (Å²) in [7, 11) is 0. The topological polar surface area (TPSA) is 68.3 Å². The molecule has 0 atom stereocenters. The van der Waals surface area contributed by atoms with Crippen molar-refractivity contribution in [3.05, 3.63) is 22.8 Å². The van der Waals surface area contributed by atoms with Crippen molar-refractivity contribution in [1.29, 1.82) is 0 Å². The van der Waals surface area contributed by atoms with Gasteiger partial charge in [-0.1, -0.05) is 11.6 Å². The number of ether oxygens (including phenoxy) is 1. The molecule has 5 nitrogen and oxygen atoms in total. The number of amides is 1. The number of hydrogen-bond donors (Lipinski definition) is 1. The van der Waals surface area contributed by atoms with Crippen LogP contribution in [0.5, 0.6) is 0 Å². The van der Waals surface area contributed by atoms with Crippen LogP contribution in [0.2, 0.25) is 5.15 Å². The Morgan fingerprint density at radius 1 is 1.47 bits per heavy atom. The molecule has 0 unspecified atom stereocenters. The summed E-state index contributed by atoms with van der Waals surface area (Å²) >= 11 is 5.45.